The van der Waals surface area contributed by atoms with Crippen LogP contribution in [0.15, 0.2) is 24.3 Å². The Morgan fingerprint density at radius 1 is 1.45 bits per heavy atom. The fraction of sp³-hybridized carbons (Fsp3) is 0.389. The molecular weight excluding hydrogens is 274 g/mol. The van der Waals surface area contributed by atoms with E-state index in [9.17, 15) is 4.79 Å². The van der Waals surface area contributed by atoms with Crippen LogP contribution in [0.1, 0.15) is 25.0 Å². The number of aromatic nitrogens is 1. The fourth-order valence-corrected chi connectivity index (χ4v) is 3.18. The Balaban J connectivity index is 1.75. The minimum absolute atomic E-state index is 0.0431. The summed E-state index contributed by atoms with van der Waals surface area (Å²) in [5.41, 5.74) is 3.04. The maximum absolute atomic E-state index is 12.6. The normalized spacial score (nSPS) is 19.0. The summed E-state index contributed by atoms with van der Waals surface area (Å²) in [6.07, 6.45) is 8.48. The molecule has 0 unspecified atom stereocenters. The van der Waals surface area contributed by atoms with Crippen LogP contribution in [-0.4, -0.2) is 34.9 Å². The molecule has 1 aromatic heterocycles. The average molecular weight is 295 g/mol. The van der Waals surface area contributed by atoms with Gasteiger partial charge in [-0.3, -0.25) is 9.69 Å². The summed E-state index contributed by atoms with van der Waals surface area (Å²) < 4.78 is 0. The lowest BCUT2D eigenvalue weighted by Gasteiger charge is -2.33. The summed E-state index contributed by atoms with van der Waals surface area (Å²) >= 11 is 0. The zero-order valence-electron chi connectivity index (χ0n) is 12.9. The van der Waals surface area contributed by atoms with Crippen LogP contribution in [0.3, 0.4) is 0 Å². The van der Waals surface area contributed by atoms with Gasteiger partial charge in [0, 0.05) is 22.3 Å². The Labute approximate surface area is 130 Å². The summed E-state index contributed by atoms with van der Waals surface area (Å²) in [4.78, 5) is 17.9. The number of likely N-dealkylation sites (tertiary alicyclic amines) is 1. The van der Waals surface area contributed by atoms with Gasteiger partial charge in [0.1, 0.15) is 0 Å². The Bertz CT molecular complexity index is 725. The van der Waals surface area contributed by atoms with Crippen LogP contribution >= 0.6 is 0 Å². The van der Waals surface area contributed by atoms with E-state index in [1.54, 1.807) is 0 Å². The zero-order chi connectivity index (χ0) is 15.5. The van der Waals surface area contributed by atoms with E-state index in [0.717, 1.165) is 48.1 Å². The zero-order valence-corrected chi connectivity index (χ0v) is 12.9. The molecule has 0 radical (unpaired) electrons. The van der Waals surface area contributed by atoms with Crippen LogP contribution in [0.4, 0.5) is 5.69 Å². The van der Waals surface area contributed by atoms with Gasteiger partial charge in [-0.15, -0.1) is 6.42 Å². The number of terminal acetylenes is 1. The summed E-state index contributed by atoms with van der Waals surface area (Å²) in [5.74, 6) is 2.70. The van der Waals surface area contributed by atoms with E-state index in [1.165, 1.54) is 0 Å². The second-order valence-electron chi connectivity index (χ2n) is 5.93. The smallest absolute Gasteiger partial charge is 0.241 e. The lowest BCUT2D eigenvalue weighted by molar-refractivity contribution is -0.122. The number of rotatable bonds is 3. The van der Waals surface area contributed by atoms with Crippen LogP contribution in [0.5, 0.6) is 0 Å². The van der Waals surface area contributed by atoms with Crippen molar-refractivity contribution in [3.8, 4) is 12.3 Å². The van der Waals surface area contributed by atoms with Gasteiger partial charge in [0.15, 0.2) is 0 Å². The summed E-state index contributed by atoms with van der Waals surface area (Å²) in [6.45, 7) is 3.46. The van der Waals surface area contributed by atoms with Gasteiger partial charge in [-0.25, -0.2) is 0 Å². The van der Waals surface area contributed by atoms with E-state index in [0.29, 0.717) is 6.54 Å². The Morgan fingerprint density at radius 3 is 3.14 bits per heavy atom. The average Bonchev–Trinajstić information content (AvgIpc) is 2.87. The van der Waals surface area contributed by atoms with Gasteiger partial charge in [0.25, 0.3) is 0 Å². The number of aromatic amines is 1. The third kappa shape index (κ3) is 3.00. The van der Waals surface area contributed by atoms with Crippen molar-refractivity contribution in [2.24, 2.45) is 0 Å². The number of benzene rings is 1. The number of hydrogen-bond acceptors (Lipinski definition) is 2. The number of aryl methyl sites for hydroxylation is 1. The number of nitrogens with zero attached hydrogens (tertiary/aromatic N) is 1. The number of hydrogen-bond donors (Lipinski definition) is 2. The Hall–Kier alpha value is -2.25. The van der Waals surface area contributed by atoms with Crippen LogP contribution in [-0.2, 0) is 4.79 Å². The molecule has 1 aliphatic heterocycles. The van der Waals surface area contributed by atoms with Gasteiger partial charge in [-0.1, -0.05) is 12.3 Å². The van der Waals surface area contributed by atoms with E-state index in [1.807, 2.05) is 25.1 Å². The molecule has 1 amide bonds. The standard InChI is InChI=1S/C18H21N3O/c1-3-9-21-10-5-4-6-17(21)18(22)20-15-7-8-16-14(12-15)11-13(2)19-16/h1,7-8,11-12,17,19H,4-6,9-10H2,2H3,(H,20,22)/t17-/m0/s1. The van der Waals surface area contributed by atoms with Gasteiger partial charge in [-0.05, 0) is 50.6 Å². The molecule has 0 bridgehead atoms. The Kier molecular flexibility index (Phi) is 4.17. The second kappa shape index (κ2) is 6.25. The van der Waals surface area contributed by atoms with Crippen LogP contribution in [0.2, 0.25) is 0 Å². The van der Waals surface area contributed by atoms with Gasteiger partial charge < -0.3 is 10.3 Å². The van der Waals surface area contributed by atoms with E-state index >= 15 is 0 Å². The Morgan fingerprint density at radius 2 is 2.32 bits per heavy atom. The number of piperidine rings is 1. The summed E-state index contributed by atoms with van der Waals surface area (Å²) in [5, 5.41) is 4.15. The van der Waals surface area contributed by atoms with Crippen molar-refractivity contribution in [1.29, 1.82) is 0 Å². The topological polar surface area (TPSA) is 48.1 Å². The molecule has 2 N–H and O–H groups in total. The van der Waals surface area contributed by atoms with Crippen molar-refractivity contribution in [1.82, 2.24) is 9.88 Å². The number of fused-ring (bicyclic) bond motifs is 1. The maximum atomic E-state index is 12.6. The lowest BCUT2D eigenvalue weighted by Crippen LogP contribution is -2.47. The van der Waals surface area contributed by atoms with Crippen LogP contribution < -0.4 is 5.32 Å². The molecule has 1 atom stereocenters. The molecule has 0 spiro atoms. The number of H-pyrrole nitrogens is 1. The highest BCUT2D eigenvalue weighted by atomic mass is 16.2. The molecule has 114 valence electrons. The van der Waals surface area contributed by atoms with E-state index in [2.05, 4.69) is 27.2 Å². The molecule has 1 saturated heterocycles. The monoisotopic (exact) mass is 295 g/mol. The molecular formula is C18H21N3O. The fourth-order valence-electron chi connectivity index (χ4n) is 3.18. The highest BCUT2D eigenvalue weighted by Crippen LogP contribution is 2.22. The SMILES string of the molecule is C#CCN1CCCC[C@H]1C(=O)Nc1ccc2[nH]c(C)cc2c1. The minimum atomic E-state index is -0.117. The molecule has 22 heavy (non-hydrogen) atoms. The van der Waals surface area contributed by atoms with E-state index in [-0.39, 0.29) is 11.9 Å². The van der Waals surface area contributed by atoms with Gasteiger partial charge in [0.2, 0.25) is 5.91 Å². The lowest BCUT2D eigenvalue weighted by atomic mass is 10.0. The highest BCUT2D eigenvalue weighted by Gasteiger charge is 2.28. The third-order valence-corrected chi connectivity index (χ3v) is 4.23. The first-order valence-electron chi connectivity index (χ1n) is 7.75. The van der Waals surface area contributed by atoms with Crippen molar-refractivity contribution in [3.05, 3.63) is 30.0 Å². The maximum Gasteiger partial charge on any atom is 0.241 e. The van der Waals surface area contributed by atoms with E-state index < -0.39 is 0 Å². The number of carbonyl (C=O) groups is 1. The predicted octanol–water partition coefficient (Wildman–Crippen LogP) is 2.90. The molecule has 1 fully saturated rings. The molecule has 1 aromatic carbocycles. The first-order valence-corrected chi connectivity index (χ1v) is 7.75. The number of anilines is 1. The summed E-state index contributed by atoms with van der Waals surface area (Å²) in [7, 11) is 0. The first-order chi connectivity index (χ1) is 10.7. The molecule has 3 rings (SSSR count). The molecule has 2 aromatic rings. The molecule has 1 aliphatic rings. The van der Waals surface area contributed by atoms with Crippen molar-refractivity contribution in [3.63, 3.8) is 0 Å². The van der Waals surface area contributed by atoms with Gasteiger partial charge in [0.05, 0.1) is 12.6 Å². The van der Waals surface area contributed by atoms with Crippen LogP contribution in [0, 0.1) is 19.3 Å². The molecule has 4 nitrogen and oxygen atoms in total. The van der Waals surface area contributed by atoms with Gasteiger partial charge >= 0.3 is 0 Å². The van der Waals surface area contributed by atoms with Gasteiger partial charge in [-0.2, -0.15) is 0 Å². The van der Waals surface area contributed by atoms with Crippen molar-refractivity contribution >= 4 is 22.5 Å². The number of nitrogens with one attached hydrogen (secondary N) is 2. The molecule has 0 saturated carbocycles. The second-order valence-corrected chi connectivity index (χ2v) is 5.93. The first kappa shape index (κ1) is 14.7. The summed E-state index contributed by atoms with van der Waals surface area (Å²) in [6, 6.07) is 7.90. The number of carbonyl (C=O) groups excluding carboxylic acids is 1. The molecule has 4 heteroatoms. The van der Waals surface area contributed by atoms with Crippen LogP contribution in [0.25, 0.3) is 10.9 Å². The van der Waals surface area contributed by atoms with Crippen molar-refractivity contribution < 1.29 is 4.79 Å². The van der Waals surface area contributed by atoms with Crippen molar-refractivity contribution in [2.75, 3.05) is 18.4 Å². The van der Waals surface area contributed by atoms with Crippen molar-refractivity contribution in [2.45, 2.75) is 32.2 Å². The highest BCUT2D eigenvalue weighted by molar-refractivity contribution is 5.97. The molecule has 2 heterocycles. The molecule has 0 aliphatic carbocycles. The largest absolute Gasteiger partial charge is 0.359 e. The predicted molar refractivity (Wildman–Crippen MR) is 89.7 cm³/mol. The quantitative estimate of drug-likeness (QED) is 0.855. The minimum Gasteiger partial charge on any atom is -0.359 e. The third-order valence-electron chi connectivity index (χ3n) is 4.23. The number of amides is 1. The van der Waals surface area contributed by atoms with E-state index in [4.69, 9.17) is 6.42 Å².